The number of hydrogen-bond acceptors (Lipinski definition) is 2. The van der Waals surface area contributed by atoms with E-state index in [4.69, 9.17) is 0 Å². The van der Waals surface area contributed by atoms with Crippen molar-refractivity contribution in [3.05, 3.63) is 97.5 Å². The first-order valence-corrected chi connectivity index (χ1v) is 7.86. The van der Waals surface area contributed by atoms with Gasteiger partial charge in [0.25, 0.3) is 0 Å². The van der Waals surface area contributed by atoms with Crippen LogP contribution in [0.25, 0.3) is 28.3 Å². The third kappa shape index (κ3) is 2.79. The van der Waals surface area contributed by atoms with Crippen molar-refractivity contribution in [1.82, 2.24) is 9.97 Å². The Balaban J connectivity index is 1.92. The maximum atomic E-state index is 4.39. The number of pyridine rings is 1. The largest absolute Gasteiger partial charge is 0.437 e. The van der Waals surface area contributed by atoms with Crippen LogP contribution < -0.4 is 4.57 Å². The van der Waals surface area contributed by atoms with Crippen molar-refractivity contribution in [3.8, 4) is 28.3 Å². The lowest BCUT2D eigenvalue weighted by Gasteiger charge is -2.09. The molecule has 0 N–H and O–H groups in total. The Hall–Kier alpha value is -3.33. The number of rotatable bonds is 3. The minimum atomic E-state index is 0.663. The highest BCUT2D eigenvalue weighted by Gasteiger charge is 2.16. The average Bonchev–Trinajstić information content (AvgIpc) is 2.69. The van der Waals surface area contributed by atoms with Crippen LogP contribution in [0.4, 0.5) is 0 Å². The van der Waals surface area contributed by atoms with Crippen LogP contribution in [-0.2, 0) is 0 Å². The molecule has 0 radical (unpaired) electrons. The number of aromatic nitrogens is 3. The van der Waals surface area contributed by atoms with Gasteiger partial charge in [-0.25, -0.2) is 0 Å². The summed E-state index contributed by atoms with van der Waals surface area (Å²) in [6.45, 7) is 0. The van der Waals surface area contributed by atoms with Crippen molar-refractivity contribution in [2.45, 2.75) is 0 Å². The van der Waals surface area contributed by atoms with E-state index in [1.807, 2.05) is 41.1 Å². The number of benzene rings is 2. The first-order valence-electron chi connectivity index (χ1n) is 7.86. The highest BCUT2D eigenvalue weighted by atomic mass is 15.1. The van der Waals surface area contributed by atoms with Gasteiger partial charge in [-0.3, -0.25) is 0 Å². The zero-order valence-corrected chi connectivity index (χ0v) is 13.1. The third-order valence-corrected chi connectivity index (χ3v) is 3.90. The molecule has 0 saturated heterocycles. The van der Waals surface area contributed by atoms with Crippen LogP contribution in [0.5, 0.6) is 0 Å². The van der Waals surface area contributed by atoms with Crippen LogP contribution in [0.1, 0.15) is 0 Å². The van der Waals surface area contributed by atoms with Crippen molar-refractivity contribution in [2.24, 2.45) is 0 Å². The predicted octanol–water partition coefficient (Wildman–Crippen LogP) is 4.09. The second-order valence-electron chi connectivity index (χ2n) is 5.45. The standard InChI is InChI=1S/C21H16N3/c1-3-8-17(9-4-1)19-12-15-24(21-22-13-7-14-23-21)20(16-19)18-10-5-2-6-11-18/h1-16H/q+1. The van der Waals surface area contributed by atoms with E-state index in [9.17, 15) is 0 Å². The van der Waals surface area contributed by atoms with E-state index >= 15 is 0 Å². The van der Waals surface area contributed by atoms with Gasteiger partial charge in [0.05, 0.1) is 6.20 Å². The number of nitrogens with zero attached hydrogens (tertiary/aromatic N) is 3. The summed E-state index contributed by atoms with van der Waals surface area (Å²) in [6, 6.07) is 26.8. The Bertz CT molecular complexity index is 936. The van der Waals surface area contributed by atoms with Crippen LogP contribution in [-0.4, -0.2) is 9.97 Å². The van der Waals surface area contributed by atoms with Gasteiger partial charge in [-0.2, -0.15) is 4.57 Å². The van der Waals surface area contributed by atoms with Crippen molar-refractivity contribution < 1.29 is 4.57 Å². The summed E-state index contributed by atoms with van der Waals surface area (Å²) in [5.74, 6) is 0.663. The van der Waals surface area contributed by atoms with E-state index in [1.54, 1.807) is 12.4 Å². The molecule has 0 aliphatic heterocycles. The molecule has 2 aromatic carbocycles. The zero-order valence-electron chi connectivity index (χ0n) is 13.1. The smallest absolute Gasteiger partial charge is 0.199 e. The summed E-state index contributed by atoms with van der Waals surface area (Å²) >= 11 is 0. The van der Waals surface area contributed by atoms with Gasteiger partial charge >= 0.3 is 5.95 Å². The molecular formula is C21H16N3+. The second kappa shape index (κ2) is 6.42. The van der Waals surface area contributed by atoms with Crippen LogP contribution in [0.2, 0.25) is 0 Å². The van der Waals surface area contributed by atoms with Crippen molar-refractivity contribution >= 4 is 0 Å². The molecule has 2 aromatic heterocycles. The maximum absolute atomic E-state index is 4.39. The summed E-state index contributed by atoms with van der Waals surface area (Å²) in [5, 5.41) is 0. The molecule has 0 amide bonds. The fraction of sp³-hybridized carbons (Fsp3) is 0. The van der Waals surface area contributed by atoms with Crippen molar-refractivity contribution in [1.29, 1.82) is 0 Å². The highest BCUT2D eigenvalue weighted by molar-refractivity contribution is 5.68. The Morgan fingerprint density at radius 3 is 1.88 bits per heavy atom. The second-order valence-corrected chi connectivity index (χ2v) is 5.45. The Morgan fingerprint density at radius 2 is 1.21 bits per heavy atom. The van der Waals surface area contributed by atoms with Gasteiger partial charge in [0.2, 0.25) is 0 Å². The molecule has 0 fully saturated rings. The van der Waals surface area contributed by atoms with Gasteiger partial charge in [-0.15, -0.1) is 0 Å². The van der Waals surface area contributed by atoms with E-state index in [0.29, 0.717) is 5.95 Å². The topological polar surface area (TPSA) is 29.7 Å². The molecule has 0 aliphatic rings. The van der Waals surface area contributed by atoms with Gasteiger partial charge in [0, 0.05) is 11.6 Å². The lowest BCUT2D eigenvalue weighted by molar-refractivity contribution is -0.592. The molecule has 3 heteroatoms. The van der Waals surface area contributed by atoms with E-state index < -0.39 is 0 Å². The van der Waals surface area contributed by atoms with Gasteiger partial charge in [-0.05, 0) is 23.3 Å². The van der Waals surface area contributed by atoms with E-state index in [1.165, 1.54) is 11.1 Å². The van der Waals surface area contributed by atoms with Crippen LogP contribution in [0.3, 0.4) is 0 Å². The summed E-state index contributed by atoms with van der Waals surface area (Å²) in [4.78, 5) is 8.78. The van der Waals surface area contributed by atoms with E-state index in [2.05, 4.69) is 58.5 Å². The maximum Gasteiger partial charge on any atom is 0.437 e. The normalized spacial score (nSPS) is 10.5. The summed E-state index contributed by atoms with van der Waals surface area (Å²) in [6.07, 6.45) is 5.55. The van der Waals surface area contributed by atoms with Crippen LogP contribution >= 0.6 is 0 Å². The molecule has 24 heavy (non-hydrogen) atoms. The van der Waals surface area contributed by atoms with Gasteiger partial charge in [-0.1, -0.05) is 70.6 Å². The average molecular weight is 310 g/mol. The summed E-state index contributed by atoms with van der Waals surface area (Å²) in [5.41, 5.74) is 4.54. The summed E-state index contributed by atoms with van der Waals surface area (Å²) in [7, 11) is 0. The molecule has 0 spiro atoms. The summed E-state index contributed by atoms with van der Waals surface area (Å²) < 4.78 is 2.02. The molecule has 0 saturated carbocycles. The SMILES string of the molecule is c1ccc(-c2cc[n+](-c3ncccn3)c(-c3ccccc3)c2)cc1. The van der Waals surface area contributed by atoms with Crippen LogP contribution in [0, 0.1) is 0 Å². The van der Waals surface area contributed by atoms with Crippen LogP contribution in [0.15, 0.2) is 97.5 Å². The molecule has 4 rings (SSSR count). The molecule has 4 aromatic rings. The van der Waals surface area contributed by atoms with Gasteiger partial charge < -0.3 is 0 Å². The monoisotopic (exact) mass is 310 g/mol. The molecule has 3 nitrogen and oxygen atoms in total. The molecule has 2 heterocycles. The minimum absolute atomic E-state index is 0.663. The highest BCUT2D eigenvalue weighted by Crippen LogP contribution is 2.24. The predicted molar refractivity (Wildman–Crippen MR) is 94.4 cm³/mol. The zero-order chi connectivity index (χ0) is 16.2. The Morgan fingerprint density at radius 1 is 0.583 bits per heavy atom. The first-order chi connectivity index (χ1) is 11.9. The Kier molecular flexibility index (Phi) is 3.82. The van der Waals surface area contributed by atoms with E-state index in [0.717, 1.165) is 11.3 Å². The van der Waals surface area contributed by atoms with Crippen molar-refractivity contribution in [2.75, 3.05) is 0 Å². The molecule has 0 unspecified atom stereocenters. The Labute approximate surface area is 140 Å². The van der Waals surface area contributed by atoms with Gasteiger partial charge in [0.1, 0.15) is 18.1 Å². The molecule has 0 aliphatic carbocycles. The van der Waals surface area contributed by atoms with Gasteiger partial charge in [0.15, 0.2) is 0 Å². The molecule has 0 bridgehead atoms. The molecule has 114 valence electrons. The first kappa shape index (κ1) is 14.3. The molecule has 0 atom stereocenters. The fourth-order valence-corrected chi connectivity index (χ4v) is 2.73. The van der Waals surface area contributed by atoms with E-state index in [-0.39, 0.29) is 0 Å². The molecular weight excluding hydrogens is 294 g/mol. The lowest BCUT2D eigenvalue weighted by Crippen LogP contribution is -2.35. The quantitative estimate of drug-likeness (QED) is 0.533. The van der Waals surface area contributed by atoms with Crippen molar-refractivity contribution in [3.63, 3.8) is 0 Å². The fourth-order valence-electron chi connectivity index (χ4n) is 2.73. The lowest BCUT2D eigenvalue weighted by atomic mass is 10.0. The minimum Gasteiger partial charge on any atom is -0.199 e. The third-order valence-electron chi connectivity index (χ3n) is 3.90. The number of hydrogen-bond donors (Lipinski definition) is 0.